The molecule has 0 unspecified atom stereocenters. The predicted molar refractivity (Wildman–Crippen MR) is 129 cm³/mol. The maximum absolute atomic E-state index is 11.2. The van der Waals surface area contributed by atoms with Gasteiger partial charge in [-0.15, -0.1) is 0 Å². The minimum absolute atomic E-state index is 0.169. The van der Waals surface area contributed by atoms with Crippen molar-refractivity contribution in [1.82, 2.24) is 9.55 Å². The van der Waals surface area contributed by atoms with Gasteiger partial charge < -0.3 is 18.9 Å². The maximum atomic E-state index is 11.2. The highest BCUT2D eigenvalue weighted by molar-refractivity contribution is 5.84. The van der Waals surface area contributed by atoms with Crippen molar-refractivity contribution in [3.63, 3.8) is 0 Å². The molecule has 0 bridgehead atoms. The van der Waals surface area contributed by atoms with Gasteiger partial charge in [-0.25, -0.2) is 4.98 Å². The van der Waals surface area contributed by atoms with Crippen LogP contribution < -0.4 is 14.2 Å². The molecule has 1 aromatic heterocycles. The van der Waals surface area contributed by atoms with Crippen molar-refractivity contribution in [2.24, 2.45) is 0 Å². The smallest absolute Gasteiger partial charge is 0.305 e. The molecule has 4 aromatic rings. The maximum Gasteiger partial charge on any atom is 0.305 e. The van der Waals surface area contributed by atoms with Crippen LogP contribution in [-0.2, 0) is 9.53 Å². The number of rotatable bonds is 9. The quantitative estimate of drug-likeness (QED) is 0.242. The summed E-state index contributed by atoms with van der Waals surface area (Å²) >= 11 is 0. The van der Waals surface area contributed by atoms with Crippen LogP contribution in [-0.4, -0.2) is 36.0 Å². The van der Waals surface area contributed by atoms with E-state index in [1.165, 1.54) is 7.11 Å². The SMILES string of the molecule is COC(=O)CCCCCOc1ccc2nc(-c3ccccc3)n(-c3ccc4c(c3)OCO4)c2c1. The Morgan fingerprint density at radius 1 is 0.971 bits per heavy atom. The third-order valence-electron chi connectivity index (χ3n) is 5.79. The molecule has 0 saturated heterocycles. The normalized spacial score (nSPS) is 12.1. The van der Waals surface area contributed by atoms with E-state index in [1.54, 1.807) is 0 Å². The van der Waals surface area contributed by atoms with Gasteiger partial charge in [-0.1, -0.05) is 30.3 Å². The molecule has 0 atom stereocenters. The van der Waals surface area contributed by atoms with Gasteiger partial charge >= 0.3 is 5.97 Å². The highest BCUT2D eigenvalue weighted by Crippen LogP contribution is 2.37. The van der Waals surface area contributed by atoms with Gasteiger partial charge in [0.1, 0.15) is 11.6 Å². The van der Waals surface area contributed by atoms with Gasteiger partial charge in [0.2, 0.25) is 6.79 Å². The molecule has 0 N–H and O–H groups in total. The fourth-order valence-corrected chi connectivity index (χ4v) is 4.05. The first-order chi connectivity index (χ1) is 16.7. The Hall–Kier alpha value is -4.00. The van der Waals surface area contributed by atoms with Gasteiger partial charge in [0.15, 0.2) is 11.5 Å². The topological polar surface area (TPSA) is 71.8 Å². The Kier molecular flexibility index (Phi) is 6.33. The van der Waals surface area contributed by atoms with Crippen LogP contribution in [0.15, 0.2) is 66.7 Å². The van der Waals surface area contributed by atoms with Crippen LogP contribution in [0.1, 0.15) is 25.7 Å². The number of hydrogen-bond acceptors (Lipinski definition) is 6. The van der Waals surface area contributed by atoms with Crippen molar-refractivity contribution in [1.29, 1.82) is 0 Å². The van der Waals surface area contributed by atoms with Crippen LogP contribution in [0, 0.1) is 0 Å². The number of unbranched alkanes of at least 4 members (excludes halogenated alkanes) is 2. The number of carbonyl (C=O) groups excluding carboxylic acids is 1. The second-order valence-corrected chi connectivity index (χ2v) is 8.06. The van der Waals surface area contributed by atoms with Crippen molar-refractivity contribution in [3.05, 3.63) is 66.7 Å². The van der Waals surface area contributed by atoms with Crippen molar-refractivity contribution < 1.29 is 23.7 Å². The minimum atomic E-state index is -0.169. The first-order valence-electron chi connectivity index (χ1n) is 11.4. The number of ether oxygens (including phenoxy) is 4. The third kappa shape index (κ3) is 4.55. The van der Waals surface area contributed by atoms with E-state index >= 15 is 0 Å². The summed E-state index contributed by atoms with van der Waals surface area (Å²) in [7, 11) is 1.42. The van der Waals surface area contributed by atoms with E-state index in [-0.39, 0.29) is 12.8 Å². The van der Waals surface area contributed by atoms with Crippen LogP contribution >= 0.6 is 0 Å². The average molecular weight is 459 g/mol. The van der Waals surface area contributed by atoms with Crippen molar-refractivity contribution in [2.75, 3.05) is 20.5 Å². The molecule has 174 valence electrons. The number of esters is 1. The molecule has 34 heavy (non-hydrogen) atoms. The third-order valence-corrected chi connectivity index (χ3v) is 5.79. The van der Waals surface area contributed by atoms with E-state index in [0.717, 1.165) is 64.6 Å². The zero-order chi connectivity index (χ0) is 23.3. The second kappa shape index (κ2) is 9.87. The zero-order valence-corrected chi connectivity index (χ0v) is 19.0. The van der Waals surface area contributed by atoms with E-state index in [2.05, 4.69) is 21.4 Å². The molecule has 3 aromatic carbocycles. The number of carbonyl (C=O) groups is 1. The number of aromatic nitrogens is 2. The lowest BCUT2D eigenvalue weighted by Crippen LogP contribution is -2.01. The summed E-state index contributed by atoms with van der Waals surface area (Å²) in [6.07, 6.45) is 3.02. The Labute approximate surface area is 197 Å². The highest BCUT2D eigenvalue weighted by atomic mass is 16.7. The van der Waals surface area contributed by atoms with Crippen molar-refractivity contribution >= 4 is 17.0 Å². The van der Waals surface area contributed by atoms with Gasteiger partial charge in [0.05, 0.1) is 30.4 Å². The lowest BCUT2D eigenvalue weighted by Gasteiger charge is -2.11. The first kappa shape index (κ1) is 21.8. The van der Waals surface area contributed by atoms with Gasteiger partial charge in [0, 0.05) is 24.1 Å². The van der Waals surface area contributed by atoms with Crippen LogP contribution in [0.4, 0.5) is 0 Å². The molecular formula is C27H26N2O5. The molecule has 7 nitrogen and oxygen atoms in total. The van der Waals surface area contributed by atoms with Crippen LogP contribution in [0.3, 0.4) is 0 Å². The number of fused-ring (bicyclic) bond motifs is 2. The fourth-order valence-electron chi connectivity index (χ4n) is 4.05. The van der Waals surface area contributed by atoms with Gasteiger partial charge in [-0.2, -0.15) is 0 Å². The average Bonchev–Trinajstić information content (AvgIpc) is 3.50. The largest absolute Gasteiger partial charge is 0.494 e. The molecule has 0 amide bonds. The second-order valence-electron chi connectivity index (χ2n) is 8.06. The van der Waals surface area contributed by atoms with E-state index in [1.807, 2.05) is 54.6 Å². The van der Waals surface area contributed by atoms with E-state index in [9.17, 15) is 4.79 Å². The predicted octanol–water partition coefficient (Wildman–Crippen LogP) is 5.53. The van der Waals surface area contributed by atoms with Crippen LogP contribution in [0.2, 0.25) is 0 Å². The molecule has 2 heterocycles. The summed E-state index contributed by atoms with van der Waals surface area (Å²) in [4.78, 5) is 16.2. The van der Waals surface area contributed by atoms with Crippen LogP contribution in [0.5, 0.6) is 17.2 Å². The zero-order valence-electron chi connectivity index (χ0n) is 19.0. The van der Waals surface area contributed by atoms with Gasteiger partial charge in [-0.05, 0) is 43.5 Å². The molecule has 0 fully saturated rings. The first-order valence-corrected chi connectivity index (χ1v) is 11.4. The van der Waals surface area contributed by atoms with Crippen LogP contribution in [0.25, 0.3) is 28.1 Å². The molecule has 0 saturated carbocycles. The lowest BCUT2D eigenvalue weighted by molar-refractivity contribution is -0.140. The Morgan fingerprint density at radius 2 is 1.82 bits per heavy atom. The van der Waals surface area contributed by atoms with E-state index < -0.39 is 0 Å². The summed E-state index contributed by atoms with van der Waals surface area (Å²) in [6.45, 7) is 0.809. The van der Waals surface area contributed by atoms with Gasteiger partial charge in [0.25, 0.3) is 0 Å². The summed E-state index contributed by atoms with van der Waals surface area (Å²) < 4.78 is 23.9. The van der Waals surface area contributed by atoms with Gasteiger partial charge in [-0.3, -0.25) is 9.36 Å². The number of benzene rings is 3. The monoisotopic (exact) mass is 458 g/mol. The molecule has 0 aliphatic carbocycles. The minimum Gasteiger partial charge on any atom is -0.494 e. The summed E-state index contributed by atoms with van der Waals surface area (Å²) in [6, 6.07) is 22.0. The van der Waals surface area contributed by atoms with Crippen molar-refractivity contribution in [2.45, 2.75) is 25.7 Å². The highest BCUT2D eigenvalue weighted by Gasteiger charge is 2.19. The Balaban J connectivity index is 1.43. The molecular weight excluding hydrogens is 432 g/mol. The number of methoxy groups -OCH3 is 1. The fraction of sp³-hybridized carbons (Fsp3) is 0.259. The number of hydrogen-bond donors (Lipinski definition) is 0. The summed E-state index contributed by atoms with van der Waals surface area (Å²) in [5.74, 6) is 2.91. The summed E-state index contributed by atoms with van der Waals surface area (Å²) in [5.41, 5.74) is 3.78. The van der Waals surface area contributed by atoms with E-state index in [0.29, 0.717) is 13.0 Å². The molecule has 7 heteroatoms. The standard InChI is InChI=1S/C27H26N2O5/c1-31-26(30)10-6-3-7-15-32-21-12-13-22-23(17-21)29(27(28-22)19-8-4-2-5-9-19)20-11-14-24-25(16-20)34-18-33-24/h2,4-5,8-9,11-14,16-17H,3,6-7,10,15,18H2,1H3. The number of nitrogens with zero attached hydrogens (tertiary/aromatic N) is 2. The molecule has 5 rings (SSSR count). The molecule has 0 radical (unpaired) electrons. The lowest BCUT2D eigenvalue weighted by atomic mass is 10.2. The Morgan fingerprint density at radius 3 is 2.68 bits per heavy atom. The molecule has 1 aliphatic heterocycles. The molecule has 0 spiro atoms. The van der Waals surface area contributed by atoms with Crippen molar-refractivity contribution in [3.8, 4) is 34.3 Å². The Bertz CT molecular complexity index is 1300. The summed E-state index contributed by atoms with van der Waals surface area (Å²) in [5, 5.41) is 0. The number of imidazole rings is 1. The molecule has 1 aliphatic rings. The van der Waals surface area contributed by atoms with E-state index in [4.69, 9.17) is 19.2 Å².